The van der Waals surface area contributed by atoms with E-state index < -0.39 is 27.9 Å². The normalized spacial score (nSPS) is 16.5. The number of hydrogen-bond acceptors (Lipinski definition) is 6. The summed E-state index contributed by atoms with van der Waals surface area (Å²) in [5.74, 6) is -0.648. The molecular formula is C20H21ClN2O6S. The van der Waals surface area contributed by atoms with Crippen LogP contribution in [0, 0.1) is 6.92 Å². The molecule has 10 heteroatoms. The van der Waals surface area contributed by atoms with Crippen LogP contribution in [0.25, 0.3) is 0 Å². The second kappa shape index (κ2) is 8.53. The van der Waals surface area contributed by atoms with E-state index in [1.54, 1.807) is 12.1 Å². The van der Waals surface area contributed by atoms with Gasteiger partial charge in [-0.05, 0) is 25.5 Å². The van der Waals surface area contributed by atoms with Crippen LogP contribution in [-0.2, 0) is 19.6 Å². The average molecular weight is 453 g/mol. The SMILES string of the molecule is COc1cc(Cl)c(NC(=O)[C@@H]2CCC(=O)N2S(=O)(=O)c2ccc(C)cc2)c(OC)c1. The van der Waals surface area contributed by atoms with Crippen molar-refractivity contribution in [3.05, 3.63) is 47.0 Å². The quantitative estimate of drug-likeness (QED) is 0.722. The number of ether oxygens (including phenoxy) is 2. The van der Waals surface area contributed by atoms with E-state index in [1.807, 2.05) is 6.92 Å². The van der Waals surface area contributed by atoms with Crippen LogP contribution in [-0.4, -0.2) is 44.8 Å². The summed E-state index contributed by atoms with van der Waals surface area (Å²) in [4.78, 5) is 25.3. The number of halogens is 1. The number of benzene rings is 2. The third kappa shape index (κ3) is 4.08. The molecule has 1 aliphatic rings. The van der Waals surface area contributed by atoms with Crippen molar-refractivity contribution in [3.63, 3.8) is 0 Å². The zero-order valence-electron chi connectivity index (χ0n) is 16.6. The lowest BCUT2D eigenvalue weighted by Gasteiger charge is -2.24. The van der Waals surface area contributed by atoms with E-state index in [1.165, 1.54) is 38.5 Å². The second-order valence-electron chi connectivity index (χ2n) is 6.74. The Labute approximate surface area is 179 Å². The summed E-state index contributed by atoms with van der Waals surface area (Å²) >= 11 is 6.23. The number of nitrogens with one attached hydrogen (secondary N) is 1. The molecule has 2 aromatic carbocycles. The first-order valence-electron chi connectivity index (χ1n) is 9.05. The summed E-state index contributed by atoms with van der Waals surface area (Å²) in [5.41, 5.74) is 1.04. The van der Waals surface area contributed by atoms with Gasteiger partial charge in [0, 0.05) is 18.6 Å². The van der Waals surface area contributed by atoms with Crippen molar-refractivity contribution in [3.8, 4) is 11.5 Å². The fourth-order valence-corrected chi connectivity index (χ4v) is 5.04. The summed E-state index contributed by atoms with van der Waals surface area (Å²) in [6, 6.07) is 7.90. The van der Waals surface area contributed by atoms with Crippen molar-refractivity contribution in [1.29, 1.82) is 0 Å². The van der Waals surface area contributed by atoms with Gasteiger partial charge in [-0.2, -0.15) is 0 Å². The molecule has 30 heavy (non-hydrogen) atoms. The van der Waals surface area contributed by atoms with E-state index in [0.717, 1.165) is 5.56 Å². The van der Waals surface area contributed by atoms with E-state index in [0.29, 0.717) is 10.1 Å². The molecule has 3 rings (SSSR count). The van der Waals surface area contributed by atoms with Gasteiger partial charge < -0.3 is 14.8 Å². The van der Waals surface area contributed by atoms with Crippen LogP contribution < -0.4 is 14.8 Å². The number of aryl methyl sites for hydroxylation is 1. The number of anilines is 1. The molecule has 2 amide bonds. The predicted octanol–water partition coefficient (Wildman–Crippen LogP) is 2.98. The highest BCUT2D eigenvalue weighted by atomic mass is 35.5. The van der Waals surface area contributed by atoms with Crippen molar-refractivity contribution in [2.45, 2.75) is 30.7 Å². The third-order valence-corrected chi connectivity index (χ3v) is 6.91. The Kier molecular flexibility index (Phi) is 6.23. The zero-order chi connectivity index (χ0) is 22.1. The van der Waals surface area contributed by atoms with Gasteiger partial charge in [0.1, 0.15) is 23.2 Å². The first-order chi connectivity index (χ1) is 14.2. The Balaban J connectivity index is 1.92. The molecule has 0 spiro atoms. The van der Waals surface area contributed by atoms with E-state index in [2.05, 4.69) is 5.32 Å². The van der Waals surface area contributed by atoms with Crippen molar-refractivity contribution in [2.75, 3.05) is 19.5 Å². The largest absolute Gasteiger partial charge is 0.497 e. The van der Waals surface area contributed by atoms with Crippen LogP contribution in [0.5, 0.6) is 11.5 Å². The predicted molar refractivity (Wildman–Crippen MR) is 111 cm³/mol. The van der Waals surface area contributed by atoms with E-state index in [9.17, 15) is 18.0 Å². The van der Waals surface area contributed by atoms with Gasteiger partial charge in [-0.1, -0.05) is 29.3 Å². The number of carbonyl (C=O) groups excluding carboxylic acids is 2. The maximum Gasteiger partial charge on any atom is 0.267 e. The number of nitrogens with zero attached hydrogens (tertiary/aromatic N) is 1. The molecule has 0 unspecified atom stereocenters. The van der Waals surface area contributed by atoms with Crippen LogP contribution in [0.2, 0.25) is 5.02 Å². The Hall–Kier alpha value is -2.78. The molecule has 0 aliphatic carbocycles. The lowest BCUT2D eigenvalue weighted by Crippen LogP contribution is -2.45. The Morgan fingerprint density at radius 1 is 1.17 bits per heavy atom. The number of amides is 2. The van der Waals surface area contributed by atoms with Gasteiger partial charge in [0.25, 0.3) is 10.0 Å². The zero-order valence-corrected chi connectivity index (χ0v) is 18.2. The summed E-state index contributed by atoms with van der Waals surface area (Å²) in [5, 5.41) is 2.75. The van der Waals surface area contributed by atoms with Gasteiger partial charge in [0.2, 0.25) is 11.8 Å². The smallest absolute Gasteiger partial charge is 0.267 e. The highest BCUT2D eigenvalue weighted by molar-refractivity contribution is 7.89. The number of rotatable bonds is 6. The minimum Gasteiger partial charge on any atom is -0.497 e. The van der Waals surface area contributed by atoms with E-state index in [-0.39, 0.29) is 34.2 Å². The fraction of sp³-hybridized carbons (Fsp3) is 0.300. The Morgan fingerprint density at radius 3 is 2.43 bits per heavy atom. The van der Waals surface area contributed by atoms with E-state index >= 15 is 0 Å². The number of carbonyl (C=O) groups is 2. The van der Waals surface area contributed by atoms with Gasteiger partial charge in [-0.15, -0.1) is 0 Å². The molecule has 160 valence electrons. The monoisotopic (exact) mass is 452 g/mol. The van der Waals surface area contributed by atoms with Crippen LogP contribution in [0.15, 0.2) is 41.3 Å². The van der Waals surface area contributed by atoms with Crippen LogP contribution in [0.3, 0.4) is 0 Å². The van der Waals surface area contributed by atoms with Gasteiger partial charge in [-0.3, -0.25) is 9.59 Å². The van der Waals surface area contributed by atoms with Crippen molar-refractivity contribution < 1.29 is 27.5 Å². The molecule has 0 aromatic heterocycles. The fourth-order valence-electron chi connectivity index (χ4n) is 3.19. The average Bonchev–Trinajstić information content (AvgIpc) is 3.11. The van der Waals surface area contributed by atoms with Crippen molar-refractivity contribution >= 4 is 39.1 Å². The summed E-state index contributed by atoms with van der Waals surface area (Å²) in [6.45, 7) is 1.82. The number of methoxy groups -OCH3 is 2. The van der Waals surface area contributed by atoms with Gasteiger partial charge in [0.05, 0.1) is 24.1 Å². The lowest BCUT2D eigenvalue weighted by atomic mass is 10.2. The van der Waals surface area contributed by atoms with Crippen LogP contribution >= 0.6 is 11.6 Å². The number of sulfonamides is 1. The van der Waals surface area contributed by atoms with Gasteiger partial charge >= 0.3 is 0 Å². The highest BCUT2D eigenvalue weighted by Gasteiger charge is 2.44. The molecule has 2 aromatic rings. The number of hydrogen-bond donors (Lipinski definition) is 1. The maximum atomic E-state index is 13.1. The molecule has 0 saturated carbocycles. The molecule has 0 bridgehead atoms. The highest BCUT2D eigenvalue weighted by Crippen LogP contribution is 2.37. The van der Waals surface area contributed by atoms with Crippen molar-refractivity contribution in [1.82, 2.24) is 4.31 Å². The molecule has 0 radical (unpaired) electrons. The summed E-state index contributed by atoms with van der Waals surface area (Å²) in [6.07, 6.45) is 0.00248. The molecule has 1 heterocycles. The second-order valence-corrected chi connectivity index (χ2v) is 8.96. The molecule has 1 fully saturated rings. The van der Waals surface area contributed by atoms with Crippen LogP contribution in [0.1, 0.15) is 18.4 Å². The Bertz CT molecular complexity index is 1090. The van der Waals surface area contributed by atoms with Crippen LogP contribution in [0.4, 0.5) is 5.69 Å². The molecule has 1 atom stereocenters. The summed E-state index contributed by atoms with van der Waals surface area (Å²) in [7, 11) is -1.33. The molecule has 1 aliphatic heterocycles. The minimum atomic E-state index is -4.19. The standard InChI is InChI=1S/C20H21ClN2O6S/c1-12-4-6-14(7-5-12)30(26,27)23-16(8-9-18(23)24)20(25)22-19-15(21)10-13(28-2)11-17(19)29-3/h4-7,10-11,16H,8-9H2,1-3H3,(H,22,25)/t16-/m0/s1. The van der Waals surface area contributed by atoms with Gasteiger partial charge in [-0.25, -0.2) is 12.7 Å². The molecule has 1 saturated heterocycles. The maximum absolute atomic E-state index is 13.1. The first kappa shape index (κ1) is 21.9. The van der Waals surface area contributed by atoms with E-state index in [4.69, 9.17) is 21.1 Å². The molecular weight excluding hydrogens is 432 g/mol. The summed E-state index contributed by atoms with van der Waals surface area (Å²) < 4.78 is 37.1. The minimum absolute atomic E-state index is 0.0544. The molecule has 1 N–H and O–H groups in total. The van der Waals surface area contributed by atoms with Crippen molar-refractivity contribution in [2.24, 2.45) is 0 Å². The topological polar surface area (TPSA) is 102 Å². The Morgan fingerprint density at radius 2 is 1.83 bits per heavy atom. The first-order valence-corrected chi connectivity index (χ1v) is 10.9. The van der Waals surface area contributed by atoms with Gasteiger partial charge in [0.15, 0.2) is 0 Å². The molecule has 8 nitrogen and oxygen atoms in total. The third-order valence-electron chi connectivity index (χ3n) is 4.77. The lowest BCUT2D eigenvalue weighted by molar-refractivity contribution is -0.128.